The highest BCUT2D eigenvalue weighted by molar-refractivity contribution is 7.99. The minimum Gasteiger partial charge on any atom is -0.354 e. The van der Waals surface area contributed by atoms with Crippen molar-refractivity contribution in [3.05, 3.63) is 30.1 Å². The van der Waals surface area contributed by atoms with Crippen molar-refractivity contribution in [2.24, 2.45) is 5.73 Å². The molecule has 1 rings (SSSR count). The summed E-state index contributed by atoms with van der Waals surface area (Å²) < 4.78 is 13.3. The molecule has 0 aromatic heterocycles. The predicted molar refractivity (Wildman–Crippen MR) is 73.0 cm³/mol. The first-order valence-electron chi connectivity index (χ1n) is 5.81. The summed E-state index contributed by atoms with van der Waals surface area (Å²) in [6.45, 7) is 4.14. The molecule has 0 aliphatic rings. The average Bonchev–Trinajstić information content (AvgIpc) is 2.28. The number of amides is 1. The quantitative estimate of drug-likeness (QED) is 0.779. The molecule has 0 saturated heterocycles. The molecule has 0 radical (unpaired) electrons. The molecule has 0 aliphatic heterocycles. The van der Waals surface area contributed by atoms with Gasteiger partial charge in [-0.2, -0.15) is 0 Å². The van der Waals surface area contributed by atoms with E-state index in [1.807, 2.05) is 13.8 Å². The van der Waals surface area contributed by atoms with Gasteiger partial charge in [0.2, 0.25) is 5.91 Å². The lowest BCUT2D eigenvalue weighted by molar-refractivity contribution is -0.120. The summed E-state index contributed by atoms with van der Waals surface area (Å²) in [5.41, 5.74) is 5.35. The highest BCUT2D eigenvalue weighted by Gasteiger charge is 2.12. The van der Waals surface area contributed by atoms with Crippen LogP contribution in [0.1, 0.15) is 20.3 Å². The first-order valence-corrected chi connectivity index (χ1v) is 6.80. The van der Waals surface area contributed by atoms with Gasteiger partial charge in [-0.25, -0.2) is 4.39 Å². The standard InChI is InChI=1S/C13H19FN2OS/c1-13(2,15)9-16-12(17)7-8-18-11-6-4-3-5-10(11)14/h3-6H,7-9,15H2,1-2H3,(H,16,17). The molecule has 0 spiro atoms. The molecule has 100 valence electrons. The zero-order valence-electron chi connectivity index (χ0n) is 10.7. The van der Waals surface area contributed by atoms with E-state index in [4.69, 9.17) is 5.73 Å². The van der Waals surface area contributed by atoms with Gasteiger partial charge in [0, 0.05) is 29.2 Å². The van der Waals surface area contributed by atoms with E-state index >= 15 is 0 Å². The summed E-state index contributed by atoms with van der Waals surface area (Å²) in [7, 11) is 0. The van der Waals surface area contributed by atoms with E-state index < -0.39 is 5.54 Å². The van der Waals surface area contributed by atoms with Gasteiger partial charge >= 0.3 is 0 Å². The van der Waals surface area contributed by atoms with Crippen LogP contribution in [-0.4, -0.2) is 23.7 Å². The molecule has 18 heavy (non-hydrogen) atoms. The Morgan fingerprint density at radius 3 is 2.72 bits per heavy atom. The molecule has 1 aromatic carbocycles. The van der Waals surface area contributed by atoms with E-state index in [1.165, 1.54) is 17.8 Å². The predicted octanol–water partition coefficient (Wildman–Crippen LogP) is 2.16. The van der Waals surface area contributed by atoms with Gasteiger partial charge in [0.25, 0.3) is 0 Å². The Labute approximate surface area is 111 Å². The number of carbonyl (C=O) groups excluding carboxylic acids is 1. The Hall–Kier alpha value is -1.07. The zero-order chi connectivity index (χ0) is 13.6. The van der Waals surface area contributed by atoms with Crippen molar-refractivity contribution in [2.75, 3.05) is 12.3 Å². The van der Waals surface area contributed by atoms with Gasteiger partial charge in [-0.05, 0) is 26.0 Å². The van der Waals surface area contributed by atoms with E-state index in [1.54, 1.807) is 18.2 Å². The van der Waals surface area contributed by atoms with Gasteiger partial charge in [0.05, 0.1) is 0 Å². The third-order valence-corrected chi connectivity index (χ3v) is 3.21. The van der Waals surface area contributed by atoms with Crippen molar-refractivity contribution >= 4 is 17.7 Å². The summed E-state index contributed by atoms with van der Waals surface area (Å²) in [6, 6.07) is 6.55. The van der Waals surface area contributed by atoms with Crippen LogP contribution in [0.4, 0.5) is 4.39 Å². The van der Waals surface area contributed by atoms with E-state index in [-0.39, 0.29) is 11.7 Å². The fourth-order valence-electron chi connectivity index (χ4n) is 1.23. The Morgan fingerprint density at radius 1 is 1.44 bits per heavy atom. The van der Waals surface area contributed by atoms with Crippen molar-refractivity contribution < 1.29 is 9.18 Å². The number of hydrogen-bond donors (Lipinski definition) is 2. The van der Waals surface area contributed by atoms with Gasteiger partial charge in [-0.15, -0.1) is 11.8 Å². The highest BCUT2D eigenvalue weighted by atomic mass is 32.2. The summed E-state index contributed by atoms with van der Waals surface area (Å²) >= 11 is 1.34. The molecule has 3 nitrogen and oxygen atoms in total. The molecule has 0 heterocycles. The van der Waals surface area contributed by atoms with E-state index in [0.29, 0.717) is 23.6 Å². The highest BCUT2D eigenvalue weighted by Crippen LogP contribution is 2.21. The summed E-state index contributed by atoms with van der Waals surface area (Å²) in [4.78, 5) is 12.1. The third kappa shape index (κ3) is 6.02. The number of hydrogen-bond acceptors (Lipinski definition) is 3. The fourth-order valence-corrected chi connectivity index (χ4v) is 2.12. The Morgan fingerprint density at radius 2 is 2.11 bits per heavy atom. The lowest BCUT2D eigenvalue weighted by Gasteiger charge is -2.18. The van der Waals surface area contributed by atoms with Crippen molar-refractivity contribution in [3.63, 3.8) is 0 Å². The van der Waals surface area contributed by atoms with Crippen LogP contribution in [-0.2, 0) is 4.79 Å². The average molecular weight is 270 g/mol. The minimum absolute atomic E-state index is 0.0580. The molecule has 0 aliphatic carbocycles. The van der Waals surface area contributed by atoms with Crippen LogP contribution < -0.4 is 11.1 Å². The van der Waals surface area contributed by atoms with E-state index in [0.717, 1.165) is 0 Å². The zero-order valence-corrected chi connectivity index (χ0v) is 11.5. The van der Waals surface area contributed by atoms with Crippen LogP contribution in [0.5, 0.6) is 0 Å². The van der Waals surface area contributed by atoms with Gasteiger partial charge in [0.15, 0.2) is 0 Å². The van der Waals surface area contributed by atoms with Gasteiger partial charge in [-0.3, -0.25) is 4.79 Å². The monoisotopic (exact) mass is 270 g/mol. The number of halogens is 1. The van der Waals surface area contributed by atoms with Crippen molar-refractivity contribution in [2.45, 2.75) is 30.7 Å². The number of benzene rings is 1. The molecule has 3 N–H and O–H groups in total. The second kappa shape index (κ2) is 6.75. The number of thioether (sulfide) groups is 1. The SMILES string of the molecule is CC(C)(N)CNC(=O)CCSc1ccccc1F. The Balaban J connectivity index is 2.26. The van der Waals surface area contributed by atoms with Crippen LogP contribution >= 0.6 is 11.8 Å². The second-order valence-corrected chi connectivity index (χ2v) is 5.93. The number of nitrogens with two attached hydrogens (primary N) is 1. The second-order valence-electron chi connectivity index (χ2n) is 4.79. The maximum Gasteiger partial charge on any atom is 0.220 e. The molecule has 0 unspecified atom stereocenters. The Bertz CT molecular complexity index is 404. The largest absolute Gasteiger partial charge is 0.354 e. The topological polar surface area (TPSA) is 55.1 Å². The molecular formula is C13H19FN2OS. The molecule has 1 aromatic rings. The molecule has 0 bridgehead atoms. The molecule has 1 amide bonds. The molecule has 0 saturated carbocycles. The van der Waals surface area contributed by atoms with E-state index in [2.05, 4.69) is 5.32 Å². The molecular weight excluding hydrogens is 251 g/mol. The first-order chi connectivity index (χ1) is 8.38. The fraction of sp³-hybridized carbons (Fsp3) is 0.462. The van der Waals surface area contributed by atoms with Gasteiger partial charge in [0.1, 0.15) is 5.82 Å². The minimum atomic E-state index is -0.408. The summed E-state index contributed by atoms with van der Waals surface area (Å²) in [5, 5.41) is 2.75. The van der Waals surface area contributed by atoms with Crippen LogP contribution in [0.15, 0.2) is 29.2 Å². The first kappa shape index (κ1) is 15.0. The van der Waals surface area contributed by atoms with E-state index in [9.17, 15) is 9.18 Å². The smallest absolute Gasteiger partial charge is 0.220 e. The lowest BCUT2D eigenvalue weighted by Crippen LogP contribution is -2.45. The molecule has 0 fully saturated rings. The van der Waals surface area contributed by atoms with Gasteiger partial charge in [-0.1, -0.05) is 12.1 Å². The third-order valence-electron chi connectivity index (χ3n) is 2.16. The summed E-state index contributed by atoms with van der Waals surface area (Å²) in [6.07, 6.45) is 0.356. The van der Waals surface area contributed by atoms with Crippen LogP contribution in [0, 0.1) is 5.82 Å². The van der Waals surface area contributed by atoms with Crippen LogP contribution in [0.2, 0.25) is 0 Å². The van der Waals surface area contributed by atoms with Crippen molar-refractivity contribution in [1.29, 1.82) is 0 Å². The van der Waals surface area contributed by atoms with Gasteiger partial charge < -0.3 is 11.1 Å². The van der Waals surface area contributed by atoms with Crippen LogP contribution in [0.25, 0.3) is 0 Å². The van der Waals surface area contributed by atoms with Crippen molar-refractivity contribution in [1.82, 2.24) is 5.32 Å². The van der Waals surface area contributed by atoms with Crippen LogP contribution in [0.3, 0.4) is 0 Å². The number of nitrogens with one attached hydrogen (secondary N) is 1. The molecule has 5 heteroatoms. The maximum absolute atomic E-state index is 13.3. The maximum atomic E-state index is 13.3. The Kier molecular flexibility index (Phi) is 5.62. The number of carbonyl (C=O) groups is 1. The summed E-state index contributed by atoms with van der Waals surface area (Å²) in [5.74, 6) is 0.251. The normalized spacial score (nSPS) is 11.3. The number of rotatable bonds is 6. The van der Waals surface area contributed by atoms with Crippen molar-refractivity contribution in [3.8, 4) is 0 Å². The molecule has 0 atom stereocenters. The lowest BCUT2D eigenvalue weighted by atomic mass is 10.1.